The van der Waals surface area contributed by atoms with E-state index in [2.05, 4.69) is 0 Å². The van der Waals surface area contributed by atoms with Crippen LogP contribution in [0.2, 0.25) is 0 Å². The maximum Gasteiger partial charge on any atom is 0.121 e. The van der Waals surface area contributed by atoms with Crippen LogP contribution in [-0.2, 0) is 0 Å². The Kier molecular flexibility index (Phi) is 13.5. The Balaban J connectivity index is 0. The van der Waals surface area contributed by atoms with Gasteiger partial charge in [-0.3, -0.25) is 0 Å². The molecule has 0 aromatic rings. The molecule has 0 N–H and O–H groups in total. The molecule has 0 radical (unpaired) electrons. The van der Waals surface area contributed by atoms with E-state index in [1.165, 1.54) is 12.2 Å². The maximum absolute atomic E-state index is 11.9. The lowest BCUT2D eigenvalue weighted by Gasteiger charge is -1.79. The van der Waals surface area contributed by atoms with Crippen molar-refractivity contribution in [3.8, 4) is 0 Å². The van der Waals surface area contributed by atoms with E-state index in [4.69, 9.17) is 0 Å². The van der Waals surface area contributed by atoms with Gasteiger partial charge in [0.25, 0.3) is 0 Å². The summed E-state index contributed by atoms with van der Waals surface area (Å²) in [6, 6.07) is 0. The first-order chi connectivity index (χ1) is 4.81. The van der Waals surface area contributed by atoms with Crippen LogP contribution in [0.5, 0.6) is 0 Å². The fourth-order valence-electron chi connectivity index (χ4n) is 0.301. The van der Waals surface area contributed by atoms with Gasteiger partial charge in [0.2, 0.25) is 0 Å². The average Bonchev–Trinajstić information content (AvgIpc) is 1.93. The number of allylic oxidation sites excluding steroid dienone is 4. The monoisotopic (exact) mass is 148 g/mol. The third kappa shape index (κ3) is 10.3. The van der Waals surface area contributed by atoms with Gasteiger partial charge in [0.15, 0.2) is 0 Å². The molecule has 0 unspecified atom stereocenters. The second-order valence-electron chi connectivity index (χ2n) is 1.24. The van der Waals surface area contributed by atoms with E-state index < -0.39 is 12.5 Å². The molecule has 0 heterocycles. The van der Waals surface area contributed by atoms with Gasteiger partial charge in [-0.15, -0.1) is 0 Å². The van der Waals surface area contributed by atoms with Crippen LogP contribution in [0.25, 0.3) is 0 Å². The van der Waals surface area contributed by atoms with Crippen LogP contribution in [0, 0.1) is 0 Å². The van der Waals surface area contributed by atoms with Crippen LogP contribution < -0.4 is 0 Å². The topological polar surface area (TPSA) is 0 Å². The molecule has 0 aliphatic carbocycles. The van der Waals surface area contributed by atoms with E-state index in [0.717, 1.165) is 6.08 Å². The number of rotatable bonds is 2. The van der Waals surface area contributed by atoms with Gasteiger partial charge in [-0.05, 0) is 19.1 Å². The standard InChI is InChI=1S/C6H8F2.C2H6/c1-2-3-6(8)4-5-7;1-2/h2-4H,5H2,1H3;1-2H3/b3-2-,6-4+;. The molecular weight excluding hydrogens is 134 g/mol. The summed E-state index contributed by atoms with van der Waals surface area (Å²) >= 11 is 0. The van der Waals surface area contributed by atoms with E-state index in [0.29, 0.717) is 0 Å². The highest BCUT2D eigenvalue weighted by Gasteiger charge is 1.81. The van der Waals surface area contributed by atoms with E-state index in [9.17, 15) is 8.78 Å². The largest absolute Gasteiger partial charge is 0.246 e. The van der Waals surface area contributed by atoms with E-state index in [1.807, 2.05) is 13.8 Å². The summed E-state index contributed by atoms with van der Waals surface area (Å²) in [5.41, 5.74) is 0. The van der Waals surface area contributed by atoms with Gasteiger partial charge in [-0.2, -0.15) is 0 Å². The Labute approximate surface area is 61.3 Å². The van der Waals surface area contributed by atoms with Crippen LogP contribution in [0.4, 0.5) is 8.78 Å². The van der Waals surface area contributed by atoms with Crippen molar-refractivity contribution in [3.05, 3.63) is 24.1 Å². The van der Waals surface area contributed by atoms with E-state index in [-0.39, 0.29) is 0 Å². The molecule has 0 aliphatic heterocycles. The predicted molar refractivity (Wildman–Crippen MR) is 41.3 cm³/mol. The molecule has 10 heavy (non-hydrogen) atoms. The first kappa shape index (κ1) is 12.1. The van der Waals surface area contributed by atoms with E-state index >= 15 is 0 Å². The van der Waals surface area contributed by atoms with Gasteiger partial charge in [0.1, 0.15) is 12.5 Å². The van der Waals surface area contributed by atoms with Crippen molar-refractivity contribution in [1.82, 2.24) is 0 Å². The molecule has 0 amide bonds. The summed E-state index contributed by atoms with van der Waals surface area (Å²) in [5, 5.41) is 0. The smallest absolute Gasteiger partial charge is 0.121 e. The highest BCUT2D eigenvalue weighted by atomic mass is 19.1. The first-order valence-electron chi connectivity index (χ1n) is 3.35. The normalized spacial score (nSPS) is 11.1. The fraction of sp³-hybridized carbons (Fsp3) is 0.500. The van der Waals surface area contributed by atoms with Gasteiger partial charge in [-0.25, -0.2) is 8.78 Å². The number of hydrogen-bond acceptors (Lipinski definition) is 0. The van der Waals surface area contributed by atoms with Crippen LogP contribution in [0.3, 0.4) is 0 Å². The molecule has 60 valence electrons. The van der Waals surface area contributed by atoms with Gasteiger partial charge < -0.3 is 0 Å². The Morgan fingerprint density at radius 2 is 1.90 bits per heavy atom. The molecule has 0 fully saturated rings. The highest BCUT2D eigenvalue weighted by molar-refractivity contribution is 5.09. The van der Waals surface area contributed by atoms with Crippen LogP contribution >= 0.6 is 0 Å². The molecule has 0 atom stereocenters. The Morgan fingerprint density at radius 1 is 1.40 bits per heavy atom. The zero-order valence-corrected chi connectivity index (χ0v) is 6.70. The number of halogens is 2. The number of alkyl halides is 1. The van der Waals surface area contributed by atoms with Crippen molar-refractivity contribution in [2.75, 3.05) is 6.67 Å². The number of hydrogen-bond donors (Lipinski definition) is 0. The molecule has 0 nitrogen and oxygen atoms in total. The zero-order chi connectivity index (χ0) is 8.41. The van der Waals surface area contributed by atoms with Crippen molar-refractivity contribution in [2.24, 2.45) is 0 Å². The molecule has 0 rings (SSSR count). The molecule has 0 aromatic heterocycles. The fourth-order valence-corrected chi connectivity index (χ4v) is 0.301. The molecule has 0 aromatic carbocycles. The molecule has 0 aliphatic rings. The van der Waals surface area contributed by atoms with Crippen molar-refractivity contribution >= 4 is 0 Å². The first-order valence-corrected chi connectivity index (χ1v) is 3.35. The summed E-state index contributed by atoms with van der Waals surface area (Å²) in [6.45, 7) is 4.93. The van der Waals surface area contributed by atoms with E-state index in [1.54, 1.807) is 6.92 Å². The van der Waals surface area contributed by atoms with Gasteiger partial charge >= 0.3 is 0 Å². The predicted octanol–water partition coefficient (Wildman–Crippen LogP) is 3.41. The minimum absolute atomic E-state index is 0.519. The van der Waals surface area contributed by atoms with Crippen LogP contribution in [0.1, 0.15) is 20.8 Å². The molecule has 0 saturated heterocycles. The minimum atomic E-state index is -0.740. The second kappa shape index (κ2) is 11.2. The summed E-state index contributed by atoms with van der Waals surface area (Å²) in [7, 11) is 0. The van der Waals surface area contributed by atoms with Crippen LogP contribution in [0.15, 0.2) is 24.1 Å². The third-order valence-electron chi connectivity index (χ3n) is 0.598. The minimum Gasteiger partial charge on any atom is -0.246 e. The van der Waals surface area contributed by atoms with Crippen molar-refractivity contribution in [3.63, 3.8) is 0 Å². The lowest BCUT2D eigenvalue weighted by atomic mass is 10.4. The molecule has 2 heteroatoms. The summed E-state index contributed by atoms with van der Waals surface area (Å²) < 4.78 is 23.2. The zero-order valence-electron chi connectivity index (χ0n) is 6.70. The Bertz CT molecular complexity index is 104. The summed E-state index contributed by atoms with van der Waals surface area (Å²) in [6.07, 6.45) is 3.60. The quantitative estimate of drug-likeness (QED) is 0.526. The van der Waals surface area contributed by atoms with Crippen LogP contribution in [-0.4, -0.2) is 6.67 Å². The van der Waals surface area contributed by atoms with Crippen molar-refractivity contribution in [2.45, 2.75) is 20.8 Å². The molecule has 0 saturated carbocycles. The van der Waals surface area contributed by atoms with Crippen molar-refractivity contribution in [1.29, 1.82) is 0 Å². The highest BCUT2D eigenvalue weighted by Crippen LogP contribution is 1.96. The lowest BCUT2D eigenvalue weighted by Crippen LogP contribution is -1.66. The van der Waals surface area contributed by atoms with Gasteiger partial charge in [0.05, 0.1) is 0 Å². The molecular formula is C8H14F2. The summed E-state index contributed by atoms with van der Waals surface area (Å²) in [4.78, 5) is 0. The van der Waals surface area contributed by atoms with Gasteiger partial charge in [-0.1, -0.05) is 19.9 Å². The van der Waals surface area contributed by atoms with Gasteiger partial charge in [0, 0.05) is 0 Å². The lowest BCUT2D eigenvalue weighted by molar-refractivity contribution is 0.547. The Morgan fingerprint density at radius 3 is 2.20 bits per heavy atom. The SMILES string of the molecule is C/C=C\C(F)=C/CF.CC. The third-order valence-corrected chi connectivity index (χ3v) is 0.598. The average molecular weight is 148 g/mol. The van der Waals surface area contributed by atoms with Crippen molar-refractivity contribution < 1.29 is 8.78 Å². The molecule has 0 spiro atoms. The maximum atomic E-state index is 11.9. The second-order valence-corrected chi connectivity index (χ2v) is 1.24. The Hall–Kier alpha value is -0.660. The summed E-state index contributed by atoms with van der Waals surface area (Å²) in [5.74, 6) is -0.519. The molecule has 0 bridgehead atoms.